The number of hydrogen-bond acceptors (Lipinski definition) is 2. The number of allylic oxidation sites excluding steroid dienone is 1. The molecule has 1 aliphatic carbocycles. The van der Waals surface area contributed by atoms with Crippen LogP contribution < -0.4 is 0 Å². The first-order chi connectivity index (χ1) is 11.2. The van der Waals surface area contributed by atoms with Gasteiger partial charge in [0.1, 0.15) is 0 Å². The van der Waals surface area contributed by atoms with Crippen LogP contribution in [0.25, 0.3) is 17.0 Å². The van der Waals surface area contributed by atoms with Crippen molar-refractivity contribution in [2.75, 3.05) is 0 Å². The van der Waals surface area contributed by atoms with Gasteiger partial charge in [-0.25, -0.2) is 0 Å². The van der Waals surface area contributed by atoms with Crippen LogP contribution in [0.5, 0.6) is 0 Å². The number of hydrogen-bond donors (Lipinski definition) is 1. The molecule has 0 bridgehead atoms. The van der Waals surface area contributed by atoms with Gasteiger partial charge < -0.3 is 4.98 Å². The summed E-state index contributed by atoms with van der Waals surface area (Å²) < 4.78 is 1.81. The standard InChI is InChI=1S/C19H19N3O/c1-3-12-5-4-6-15-14(10-20-18(12)15)9-13-7-8-17-16(19(13)23)11-21-22(17)2/h4-6,9-11,20H,3,7-8H2,1-2H3. The molecule has 2 aromatic heterocycles. The molecule has 0 fully saturated rings. The minimum absolute atomic E-state index is 0.111. The van der Waals surface area contributed by atoms with Crippen LogP contribution in [0.1, 0.15) is 40.5 Å². The third-order valence-corrected chi connectivity index (χ3v) is 4.77. The molecule has 0 radical (unpaired) electrons. The number of benzene rings is 1. The molecule has 0 spiro atoms. The van der Waals surface area contributed by atoms with Crippen molar-refractivity contribution in [3.05, 3.63) is 58.6 Å². The van der Waals surface area contributed by atoms with Crippen LogP contribution in [-0.4, -0.2) is 20.5 Å². The van der Waals surface area contributed by atoms with Gasteiger partial charge in [0.15, 0.2) is 5.78 Å². The number of H-pyrrole nitrogens is 1. The first-order valence-corrected chi connectivity index (χ1v) is 8.04. The average Bonchev–Trinajstić information content (AvgIpc) is 3.14. The second kappa shape index (κ2) is 5.23. The van der Waals surface area contributed by atoms with Crippen molar-refractivity contribution in [2.24, 2.45) is 7.05 Å². The van der Waals surface area contributed by atoms with Crippen LogP contribution in [-0.2, 0) is 19.9 Å². The first-order valence-electron chi connectivity index (χ1n) is 8.04. The van der Waals surface area contributed by atoms with E-state index in [0.29, 0.717) is 0 Å². The Bertz CT molecular complexity index is 943. The van der Waals surface area contributed by atoms with Crippen molar-refractivity contribution in [2.45, 2.75) is 26.2 Å². The van der Waals surface area contributed by atoms with Crippen LogP contribution in [0.15, 0.2) is 36.2 Å². The number of Topliss-reactive ketones (excluding diaryl/α,β-unsaturated/α-hetero) is 1. The Morgan fingerprint density at radius 2 is 2.22 bits per heavy atom. The number of nitrogens with zero attached hydrogens (tertiary/aromatic N) is 2. The summed E-state index contributed by atoms with van der Waals surface area (Å²) in [4.78, 5) is 16.0. The molecule has 0 atom stereocenters. The predicted octanol–water partition coefficient (Wildman–Crippen LogP) is 3.68. The van der Waals surface area contributed by atoms with Crippen LogP contribution in [0.3, 0.4) is 0 Å². The van der Waals surface area contributed by atoms with E-state index in [9.17, 15) is 4.79 Å². The molecule has 0 saturated heterocycles. The van der Waals surface area contributed by atoms with E-state index in [1.165, 1.54) is 16.5 Å². The Balaban J connectivity index is 1.78. The van der Waals surface area contributed by atoms with Gasteiger partial charge in [-0.3, -0.25) is 9.48 Å². The van der Waals surface area contributed by atoms with Crippen molar-refractivity contribution in [1.82, 2.24) is 14.8 Å². The normalized spacial score (nSPS) is 16.3. The van der Waals surface area contributed by atoms with Gasteiger partial charge in [-0.05, 0) is 30.9 Å². The molecule has 1 aromatic carbocycles. The number of fused-ring (bicyclic) bond motifs is 2. The average molecular weight is 305 g/mol. The van der Waals surface area contributed by atoms with Crippen LogP contribution in [0.4, 0.5) is 0 Å². The summed E-state index contributed by atoms with van der Waals surface area (Å²) in [7, 11) is 1.90. The molecule has 116 valence electrons. The van der Waals surface area contributed by atoms with Crippen LogP contribution in [0, 0.1) is 0 Å². The van der Waals surface area contributed by atoms with Crippen LogP contribution >= 0.6 is 0 Å². The van der Waals surface area contributed by atoms with Crippen molar-refractivity contribution >= 4 is 22.8 Å². The molecule has 0 amide bonds. The number of aryl methyl sites for hydroxylation is 2. The first kappa shape index (κ1) is 14.0. The van der Waals surface area contributed by atoms with Gasteiger partial charge in [0.2, 0.25) is 0 Å². The van der Waals surface area contributed by atoms with Crippen LogP contribution in [0.2, 0.25) is 0 Å². The van der Waals surface area contributed by atoms with Gasteiger partial charge in [0, 0.05) is 41.0 Å². The largest absolute Gasteiger partial charge is 0.360 e. The highest BCUT2D eigenvalue weighted by Crippen LogP contribution is 2.29. The molecular weight excluding hydrogens is 286 g/mol. The maximum atomic E-state index is 12.7. The lowest BCUT2D eigenvalue weighted by atomic mass is 9.90. The lowest BCUT2D eigenvalue weighted by Crippen LogP contribution is -2.14. The summed E-state index contributed by atoms with van der Waals surface area (Å²) in [6, 6.07) is 6.34. The van der Waals surface area contributed by atoms with Crippen molar-refractivity contribution in [3.63, 3.8) is 0 Å². The Kier molecular flexibility index (Phi) is 3.18. The second-order valence-corrected chi connectivity index (χ2v) is 6.06. The van der Waals surface area contributed by atoms with Gasteiger partial charge in [0.25, 0.3) is 0 Å². The lowest BCUT2D eigenvalue weighted by molar-refractivity contribution is 0.102. The zero-order valence-corrected chi connectivity index (χ0v) is 13.4. The lowest BCUT2D eigenvalue weighted by Gasteiger charge is -2.14. The van der Waals surface area contributed by atoms with Gasteiger partial charge in [-0.2, -0.15) is 5.10 Å². The SMILES string of the molecule is CCc1cccc2c(C=C3CCc4c(cnn4C)C3=O)c[nH]c12. The molecule has 23 heavy (non-hydrogen) atoms. The molecule has 2 heterocycles. The summed E-state index contributed by atoms with van der Waals surface area (Å²) in [6.07, 6.45) is 8.36. The fourth-order valence-corrected chi connectivity index (χ4v) is 3.47. The molecule has 0 unspecified atom stereocenters. The summed E-state index contributed by atoms with van der Waals surface area (Å²) in [5, 5.41) is 5.40. The Hall–Kier alpha value is -2.62. The maximum absolute atomic E-state index is 12.7. The molecule has 4 nitrogen and oxygen atoms in total. The van der Waals surface area contributed by atoms with Crippen molar-refractivity contribution in [1.29, 1.82) is 0 Å². The van der Waals surface area contributed by atoms with E-state index in [1.807, 2.05) is 24.0 Å². The van der Waals surface area contributed by atoms with Gasteiger partial charge in [0.05, 0.1) is 11.8 Å². The summed E-state index contributed by atoms with van der Waals surface area (Å²) in [5.41, 5.74) is 6.22. The number of carbonyl (C=O) groups excluding carboxylic acids is 1. The molecular formula is C19H19N3O. The summed E-state index contributed by atoms with van der Waals surface area (Å²) in [5.74, 6) is 0.111. The molecule has 1 aliphatic rings. The van der Waals surface area contributed by atoms with E-state index in [0.717, 1.165) is 41.7 Å². The highest BCUT2D eigenvalue weighted by Gasteiger charge is 2.25. The molecule has 0 aliphatic heterocycles. The maximum Gasteiger partial charge on any atom is 0.192 e. The molecule has 4 rings (SSSR count). The van der Waals surface area contributed by atoms with E-state index in [-0.39, 0.29) is 5.78 Å². The monoisotopic (exact) mass is 305 g/mol. The Morgan fingerprint density at radius 3 is 3.04 bits per heavy atom. The zero-order valence-electron chi connectivity index (χ0n) is 13.4. The molecule has 0 saturated carbocycles. The van der Waals surface area contributed by atoms with Gasteiger partial charge in [-0.1, -0.05) is 25.1 Å². The Morgan fingerprint density at radius 1 is 1.35 bits per heavy atom. The van der Waals surface area contributed by atoms with E-state index < -0.39 is 0 Å². The van der Waals surface area contributed by atoms with E-state index in [4.69, 9.17) is 0 Å². The predicted molar refractivity (Wildman–Crippen MR) is 91.5 cm³/mol. The fourth-order valence-electron chi connectivity index (χ4n) is 3.47. The van der Waals surface area contributed by atoms with E-state index >= 15 is 0 Å². The highest BCUT2D eigenvalue weighted by atomic mass is 16.1. The molecule has 1 N–H and O–H groups in total. The quantitative estimate of drug-likeness (QED) is 0.734. The van der Waals surface area contributed by atoms with E-state index in [1.54, 1.807) is 6.20 Å². The number of ketones is 1. The van der Waals surface area contributed by atoms with Gasteiger partial charge in [-0.15, -0.1) is 0 Å². The van der Waals surface area contributed by atoms with Gasteiger partial charge >= 0.3 is 0 Å². The Labute approximate surface area is 134 Å². The third kappa shape index (κ3) is 2.13. The third-order valence-electron chi connectivity index (χ3n) is 4.77. The minimum Gasteiger partial charge on any atom is -0.360 e. The second-order valence-electron chi connectivity index (χ2n) is 6.06. The van der Waals surface area contributed by atoms with Crippen molar-refractivity contribution < 1.29 is 4.79 Å². The number of aromatic nitrogens is 3. The number of para-hydroxylation sites is 1. The smallest absolute Gasteiger partial charge is 0.192 e. The van der Waals surface area contributed by atoms with Crippen molar-refractivity contribution in [3.8, 4) is 0 Å². The zero-order chi connectivity index (χ0) is 16.0. The number of rotatable bonds is 2. The summed E-state index contributed by atoms with van der Waals surface area (Å²) in [6.45, 7) is 2.16. The van der Waals surface area contributed by atoms with E-state index in [2.05, 4.69) is 35.2 Å². The molecule has 4 heteroatoms. The highest BCUT2D eigenvalue weighted by molar-refractivity contribution is 6.13. The minimum atomic E-state index is 0.111. The fraction of sp³-hybridized carbons (Fsp3) is 0.263. The summed E-state index contributed by atoms with van der Waals surface area (Å²) >= 11 is 0. The number of carbonyl (C=O) groups is 1. The number of nitrogens with one attached hydrogen (secondary N) is 1. The molecule has 3 aromatic rings. The number of aromatic amines is 1. The topological polar surface area (TPSA) is 50.7 Å².